The lowest BCUT2D eigenvalue weighted by atomic mass is 9.93. The molecule has 12 aliphatic rings. The standard InChI is InChI=1S/C80H134N4O58/c1-17-37(96)49(108)54(113)73(122-17)120-16-32-63(45(104)33(69(119)125-32)81-20(4)92)134-70-34(82-21(5)93)46(105)62(28(12-89)130-70)137-78-59(118)66(140-80-68(53(112)41(100)25(9-86)129-80)142-72-36(84-23(7)95)48(107)61(30(14-91)132-72)136-77-58(117)65(43(102)27(11-88)127-77)139-75-56(115)51(110)39(98)19(3)124-75)44(103)31(133-78)15-121-79-67(52(111)40(99)24(8-85)128-79)141-71-35(83-22(6)94)47(106)60(29(13-90)131-71)135-76-57(116)64(42(101)26(10-87)126-76)138-74-55(114)50(109)38(97)18(2)123-74/h17-19,24-80,85-91,96-119H,8-16H2,1-7H3,(H,81,92)(H,82,93)(H,83,94)(H,84,95)/t17-,18+,19+,24-,25-,26-,27-,28-,29-,30-,31-,32-,33-,34-,35-,36-,37+,38-,39-,40-,41-,42+,43+,44-,45-,46-,47-,48-,49+,50-,51-,52+,53+,54-,55+,56+,57-,58-,59+,60-,61-,62-,63-,64+,65+,66+,67+,68+,69-,70+,71+,72+,73+,74+,75+,76+,77+,78+,79+,80-/m1/s1. The molecule has 4 amide bonds. The molecule has 60 atom stereocenters. The number of aliphatic hydroxyl groups is 31. The number of carbonyl (C=O) groups excluding carboxylic acids is 4. The van der Waals surface area contributed by atoms with Crippen LogP contribution in [0.3, 0.4) is 0 Å². The Kier molecular flexibility index (Phi) is 41.2. The third kappa shape index (κ3) is 25.4. The fourth-order valence-electron chi connectivity index (χ4n) is 18.6. The maximum absolute atomic E-state index is 13.4. The summed E-state index contributed by atoms with van der Waals surface area (Å²) in [5.74, 6) is -3.92. The summed E-state index contributed by atoms with van der Waals surface area (Å²) in [4.78, 5) is 52.4. The molecule has 12 rings (SSSR count). The average molecular weight is 2080 g/mol. The van der Waals surface area contributed by atoms with Crippen LogP contribution in [0, 0.1) is 0 Å². The van der Waals surface area contributed by atoms with Gasteiger partial charge < -0.3 is 289 Å². The van der Waals surface area contributed by atoms with Crippen molar-refractivity contribution in [3.63, 3.8) is 0 Å². The number of hydrogen-bond donors (Lipinski definition) is 35. The predicted molar refractivity (Wildman–Crippen MR) is 437 cm³/mol. The Bertz CT molecular complexity index is 3940. The van der Waals surface area contributed by atoms with E-state index in [1.165, 1.54) is 20.8 Å². The van der Waals surface area contributed by atoms with Crippen molar-refractivity contribution >= 4 is 23.6 Å². The van der Waals surface area contributed by atoms with E-state index in [4.69, 9.17) is 109 Å². The van der Waals surface area contributed by atoms with E-state index in [2.05, 4.69) is 21.3 Å². The fraction of sp³-hybridized carbons (Fsp3) is 0.950. The second-order valence-electron chi connectivity index (χ2n) is 36.6. The lowest BCUT2D eigenvalue weighted by Crippen LogP contribution is -2.71. The highest BCUT2D eigenvalue weighted by Gasteiger charge is 2.64. The largest absolute Gasteiger partial charge is 0.394 e. The number of ether oxygens (including phenoxy) is 23. The van der Waals surface area contributed by atoms with Gasteiger partial charge in [0.05, 0.1) is 77.8 Å². The molecule has 12 heterocycles. The van der Waals surface area contributed by atoms with Gasteiger partial charge in [-0.2, -0.15) is 0 Å². The van der Waals surface area contributed by atoms with Crippen molar-refractivity contribution in [1.82, 2.24) is 21.3 Å². The molecule has 0 radical (unpaired) electrons. The molecule has 0 bridgehead atoms. The first-order chi connectivity index (χ1) is 67.1. The van der Waals surface area contributed by atoms with E-state index in [1.807, 2.05) is 0 Å². The van der Waals surface area contributed by atoms with Gasteiger partial charge in [-0.1, -0.05) is 0 Å². The molecule has 12 fully saturated rings. The monoisotopic (exact) mass is 2080 g/mol. The van der Waals surface area contributed by atoms with Gasteiger partial charge in [-0.25, -0.2) is 0 Å². The Balaban J connectivity index is 0.856. The molecule has 62 nitrogen and oxygen atoms in total. The maximum Gasteiger partial charge on any atom is 0.217 e. The molecule has 142 heavy (non-hydrogen) atoms. The minimum atomic E-state index is -2.69. The van der Waals surface area contributed by atoms with Crippen LogP contribution < -0.4 is 21.3 Å². The van der Waals surface area contributed by atoms with Gasteiger partial charge in [0.15, 0.2) is 75.5 Å². The highest BCUT2D eigenvalue weighted by atomic mass is 16.8. The minimum Gasteiger partial charge on any atom is -0.394 e. The topological polar surface area (TPSA) is 956 Å². The van der Waals surface area contributed by atoms with E-state index in [9.17, 15) is 177 Å². The van der Waals surface area contributed by atoms with Gasteiger partial charge in [-0.05, 0) is 20.8 Å². The summed E-state index contributed by atoms with van der Waals surface area (Å²) in [7, 11) is 0. The molecular weight excluding hydrogens is 1940 g/mol. The third-order valence-corrected chi connectivity index (χ3v) is 26.6. The number of hydrogen-bond acceptors (Lipinski definition) is 58. The van der Waals surface area contributed by atoms with Crippen LogP contribution in [-0.2, 0) is 128 Å². The highest BCUT2D eigenvalue weighted by molar-refractivity contribution is 5.74. The van der Waals surface area contributed by atoms with Crippen molar-refractivity contribution in [2.75, 3.05) is 59.5 Å². The van der Waals surface area contributed by atoms with Gasteiger partial charge in [0, 0.05) is 27.7 Å². The lowest BCUT2D eigenvalue weighted by Gasteiger charge is -2.51. The Labute approximate surface area is 805 Å². The van der Waals surface area contributed by atoms with E-state index in [0.717, 1.165) is 27.7 Å². The first-order valence-electron chi connectivity index (χ1n) is 45.7. The van der Waals surface area contributed by atoms with Crippen LogP contribution in [0.5, 0.6) is 0 Å². The molecule has 12 saturated heterocycles. The first kappa shape index (κ1) is 116. The summed E-state index contributed by atoms with van der Waals surface area (Å²) >= 11 is 0. The van der Waals surface area contributed by atoms with Crippen molar-refractivity contribution in [3.8, 4) is 0 Å². The molecule has 35 N–H and O–H groups in total. The lowest BCUT2D eigenvalue weighted by molar-refractivity contribution is -0.400. The zero-order chi connectivity index (χ0) is 104. The van der Waals surface area contributed by atoms with E-state index < -0.39 is 451 Å². The van der Waals surface area contributed by atoms with Gasteiger partial charge in [0.1, 0.15) is 274 Å². The quantitative estimate of drug-likeness (QED) is 0.0280. The van der Waals surface area contributed by atoms with Crippen LogP contribution in [0.2, 0.25) is 0 Å². The third-order valence-electron chi connectivity index (χ3n) is 26.6. The molecular formula is C80H134N4O58. The number of rotatable bonds is 35. The van der Waals surface area contributed by atoms with Crippen LogP contribution >= 0.6 is 0 Å². The van der Waals surface area contributed by atoms with Crippen LogP contribution in [0.4, 0.5) is 0 Å². The molecule has 0 aromatic carbocycles. The SMILES string of the molecule is CC(=O)N[C@@H]1[C@@H](O)[C@H](O[C@@H]2O[C@H](CO)[C@@H](O[C@@H]3O[C@H](CO[C@H]4O[C@H](CO)[C@@H](O)[C@H](O)[C@@H]4O[C@@H]4O[C@H](CO)[C@@H](O[C@@H]5O[C@H](CO)[C@H](O)[C@H](O[C@@H]6O[C@@H](C)[C@@H](O)[C@@H](O)[C@@H]6O)[C@H]5O)[C@H](O)[C@H]4NC(C)=O)[C@@H](O)[C@H](O[C@H]4O[C@H](CO)[C@@H](O)[C@H](O)[C@@H]4O[C@@H]4O[C@H](CO)[C@@H](O[C@@H]5O[C@H](CO)[C@H](O)[C@H](O[C@@H]6O[C@@H](C)[C@@H](O)[C@@H](O)[C@@H]6O)[C@H]5O)[C@H](O)[C@H]4NC(C)=O)[C@@H]3O)[C@H](O)[C@H]2NC(C)=O)[C@@H](CO[C@H]2O[C@H](C)[C@H](O)[C@H](O)[C@H]2O)O[C@H]1O. The van der Waals surface area contributed by atoms with Crippen LogP contribution in [0.25, 0.3) is 0 Å². The summed E-state index contributed by atoms with van der Waals surface area (Å²) < 4.78 is 137. The van der Waals surface area contributed by atoms with Gasteiger partial charge in [0.2, 0.25) is 23.6 Å². The number of amides is 4. The molecule has 12 aliphatic heterocycles. The van der Waals surface area contributed by atoms with E-state index in [-0.39, 0.29) is 0 Å². The summed E-state index contributed by atoms with van der Waals surface area (Å²) in [5.41, 5.74) is 0. The highest BCUT2D eigenvalue weighted by Crippen LogP contribution is 2.43. The van der Waals surface area contributed by atoms with E-state index in [1.54, 1.807) is 0 Å². The Morgan fingerprint density at radius 2 is 0.430 bits per heavy atom. The molecule has 0 aliphatic carbocycles. The van der Waals surface area contributed by atoms with Crippen molar-refractivity contribution in [2.45, 2.75) is 417 Å². The summed E-state index contributed by atoms with van der Waals surface area (Å²) in [5, 5.41) is 360. The van der Waals surface area contributed by atoms with Gasteiger partial charge in [-0.15, -0.1) is 0 Å². The first-order valence-corrected chi connectivity index (χ1v) is 45.7. The molecule has 822 valence electrons. The van der Waals surface area contributed by atoms with Crippen molar-refractivity contribution in [3.05, 3.63) is 0 Å². The summed E-state index contributed by atoms with van der Waals surface area (Å²) in [6.07, 6.45) is -116. The predicted octanol–water partition coefficient (Wildman–Crippen LogP) is -23.5. The summed E-state index contributed by atoms with van der Waals surface area (Å²) in [6.45, 7) is -3.02. The molecule has 0 aromatic heterocycles. The van der Waals surface area contributed by atoms with Gasteiger partial charge in [0.25, 0.3) is 0 Å². The molecule has 0 aromatic rings. The van der Waals surface area contributed by atoms with Crippen LogP contribution in [-0.4, -0.2) is 610 Å². The Morgan fingerprint density at radius 3 is 0.782 bits per heavy atom. The molecule has 0 spiro atoms. The van der Waals surface area contributed by atoms with Crippen molar-refractivity contribution in [2.24, 2.45) is 0 Å². The zero-order valence-electron chi connectivity index (χ0n) is 76.9. The summed E-state index contributed by atoms with van der Waals surface area (Å²) in [6, 6.07) is -7.97. The van der Waals surface area contributed by atoms with Crippen molar-refractivity contribution in [1.29, 1.82) is 0 Å². The van der Waals surface area contributed by atoms with Gasteiger partial charge in [-0.3, -0.25) is 19.2 Å². The number of aliphatic hydroxyl groups excluding tert-OH is 31. The number of carbonyl (C=O) groups is 4. The van der Waals surface area contributed by atoms with E-state index >= 15 is 0 Å². The zero-order valence-corrected chi connectivity index (χ0v) is 76.9. The van der Waals surface area contributed by atoms with Crippen LogP contribution in [0.15, 0.2) is 0 Å². The van der Waals surface area contributed by atoms with E-state index in [0.29, 0.717) is 0 Å². The normalized spacial score (nSPS) is 50.9. The van der Waals surface area contributed by atoms with Gasteiger partial charge >= 0.3 is 0 Å². The average Bonchev–Trinajstić information content (AvgIpc) is 0.724. The smallest absolute Gasteiger partial charge is 0.217 e. The number of nitrogens with one attached hydrogen (secondary N) is 4. The van der Waals surface area contributed by atoms with Crippen molar-refractivity contribution < 1.29 is 286 Å². The molecule has 0 saturated carbocycles. The van der Waals surface area contributed by atoms with Crippen LogP contribution in [0.1, 0.15) is 48.5 Å². The maximum atomic E-state index is 13.4. The fourth-order valence-corrected chi connectivity index (χ4v) is 18.6. The second-order valence-corrected chi connectivity index (χ2v) is 36.6. The minimum absolute atomic E-state index is 0.866. The molecule has 0 unspecified atom stereocenters. The Hall–Kier alpha value is -4.28. The Morgan fingerprint density at radius 1 is 0.197 bits per heavy atom. The second kappa shape index (κ2) is 50.3. The molecule has 62 heteroatoms.